The standard InChI is InChI=1S/C18H29N5O/c1-14-11-17(20-19-14)18(24)23-12-16(13-23)22-9-7-21(8-10-22)15-5-3-2-4-6-15/h11,15-16H,2-10,12-13H2,1H3,(H,19,20). The molecule has 0 bridgehead atoms. The van der Waals surface area contributed by atoms with E-state index in [0.717, 1.165) is 37.9 Å². The van der Waals surface area contributed by atoms with Gasteiger partial charge in [-0.2, -0.15) is 5.10 Å². The molecule has 0 radical (unpaired) electrons. The lowest BCUT2D eigenvalue weighted by Gasteiger charge is -2.49. The molecule has 3 fully saturated rings. The fourth-order valence-corrected chi connectivity index (χ4v) is 4.46. The zero-order chi connectivity index (χ0) is 16.5. The Hall–Kier alpha value is -1.40. The van der Waals surface area contributed by atoms with Gasteiger partial charge in [0.25, 0.3) is 5.91 Å². The second-order valence-electron chi connectivity index (χ2n) is 7.66. The Labute approximate surface area is 144 Å². The second kappa shape index (κ2) is 6.84. The average Bonchev–Trinajstić information content (AvgIpc) is 3.01. The Kier molecular flexibility index (Phi) is 4.59. The highest BCUT2D eigenvalue weighted by Crippen LogP contribution is 2.25. The molecule has 1 N–H and O–H groups in total. The average molecular weight is 331 g/mol. The molecule has 4 rings (SSSR count). The number of likely N-dealkylation sites (tertiary alicyclic amines) is 1. The van der Waals surface area contributed by atoms with Crippen molar-refractivity contribution in [3.63, 3.8) is 0 Å². The third-order valence-electron chi connectivity index (χ3n) is 6.03. The van der Waals surface area contributed by atoms with E-state index in [1.807, 2.05) is 17.9 Å². The van der Waals surface area contributed by atoms with Crippen LogP contribution in [-0.2, 0) is 0 Å². The van der Waals surface area contributed by atoms with Crippen LogP contribution in [-0.4, -0.2) is 82.2 Å². The van der Waals surface area contributed by atoms with Crippen LogP contribution < -0.4 is 0 Å². The van der Waals surface area contributed by atoms with Crippen LogP contribution >= 0.6 is 0 Å². The van der Waals surface area contributed by atoms with Gasteiger partial charge in [-0.15, -0.1) is 0 Å². The van der Waals surface area contributed by atoms with Gasteiger partial charge in [0.05, 0.1) is 0 Å². The van der Waals surface area contributed by atoms with Gasteiger partial charge in [0.1, 0.15) is 5.69 Å². The number of aryl methyl sites for hydroxylation is 1. The highest BCUT2D eigenvalue weighted by molar-refractivity contribution is 5.93. The summed E-state index contributed by atoms with van der Waals surface area (Å²) in [5.74, 6) is 0.0661. The molecular weight excluding hydrogens is 302 g/mol. The molecule has 6 nitrogen and oxygen atoms in total. The van der Waals surface area contributed by atoms with Gasteiger partial charge in [0, 0.05) is 57.0 Å². The van der Waals surface area contributed by atoms with Crippen LogP contribution in [0.1, 0.15) is 48.3 Å². The number of piperazine rings is 1. The molecule has 0 aromatic carbocycles. The predicted molar refractivity (Wildman–Crippen MR) is 93.0 cm³/mol. The summed E-state index contributed by atoms with van der Waals surface area (Å²) in [6.07, 6.45) is 7.05. The number of hydrogen-bond acceptors (Lipinski definition) is 4. The van der Waals surface area contributed by atoms with E-state index >= 15 is 0 Å². The van der Waals surface area contributed by atoms with E-state index in [-0.39, 0.29) is 5.91 Å². The number of aromatic amines is 1. The Balaban J connectivity index is 1.23. The lowest BCUT2D eigenvalue weighted by molar-refractivity contribution is -0.00287. The lowest BCUT2D eigenvalue weighted by atomic mass is 9.93. The molecule has 1 aromatic heterocycles. The Morgan fingerprint density at radius 3 is 2.25 bits per heavy atom. The fourth-order valence-electron chi connectivity index (χ4n) is 4.46. The smallest absolute Gasteiger partial charge is 0.274 e. The number of carbonyl (C=O) groups excluding carboxylic acids is 1. The van der Waals surface area contributed by atoms with E-state index in [2.05, 4.69) is 20.0 Å². The highest BCUT2D eigenvalue weighted by Gasteiger charge is 2.37. The first kappa shape index (κ1) is 16.1. The van der Waals surface area contributed by atoms with Crippen LogP contribution in [0.5, 0.6) is 0 Å². The Bertz CT molecular complexity index is 566. The summed E-state index contributed by atoms with van der Waals surface area (Å²) in [6.45, 7) is 8.35. The van der Waals surface area contributed by atoms with Gasteiger partial charge in [0.15, 0.2) is 0 Å². The molecule has 1 aliphatic carbocycles. The van der Waals surface area contributed by atoms with E-state index in [0.29, 0.717) is 11.7 Å². The Morgan fingerprint density at radius 1 is 1.04 bits per heavy atom. The van der Waals surface area contributed by atoms with E-state index in [4.69, 9.17) is 0 Å². The molecular formula is C18H29N5O. The van der Waals surface area contributed by atoms with Gasteiger partial charge >= 0.3 is 0 Å². The molecule has 24 heavy (non-hydrogen) atoms. The maximum absolute atomic E-state index is 12.3. The first-order valence-corrected chi connectivity index (χ1v) is 9.50. The van der Waals surface area contributed by atoms with Gasteiger partial charge in [-0.25, -0.2) is 0 Å². The third-order valence-corrected chi connectivity index (χ3v) is 6.03. The van der Waals surface area contributed by atoms with Gasteiger partial charge in [-0.05, 0) is 25.8 Å². The van der Waals surface area contributed by atoms with Crippen molar-refractivity contribution in [2.75, 3.05) is 39.3 Å². The van der Waals surface area contributed by atoms with Crippen molar-refractivity contribution in [1.29, 1.82) is 0 Å². The zero-order valence-electron chi connectivity index (χ0n) is 14.7. The van der Waals surface area contributed by atoms with Crippen molar-refractivity contribution in [3.05, 3.63) is 17.5 Å². The molecule has 3 heterocycles. The number of carbonyl (C=O) groups is 1. The number of nitrogens with one attached hydrogen (secondary N) is 1. The highest BCUT2D eigenvalue weighted by atomic mass is 16.2. The molecule has 2 aliphatic heterocycles. The SMILES string of the molecule is Cc1cc(C(=O)N2CC(N3CCN(C4CCCCC4)CC3)C2)n[nH]1. The van der Waals surface area contributed by atoms with Crippen LogP contribution in [0.2, 0.25) is 0 Å². The fraction of sp³-hybridized carbons (Fsp3) is 0.778. The molecule has 1 amide bonds. The number of aromatic nitrogens is 2. The topological polar surface area (TPSA) is 55.5 Å². The molecule has 1 aromatic rings. The van der Waals surface area contributed by atoms with Gasteiger partial charge in [-0.1, -0.05) is 19.3 Å². The molecule has 0 spiro atoms. The lowest BCUT2D eigenvalue weighted by Crippen LogP contribution is -2.64. The summed E-state index contributed by atoms with van der Waals surface area (Å²) >= 11 is 0. The maximum atomic E-state index is 12.3. The summed E-state index contributed by atoms with van der Waals surface area (Å²) in [6, 6.07) is 3.21. The van der Waals surface area contributed by atoms with Crippen LogP contribution in [0.4, 0.5) is 0 Å². The van der Waals surface area contributed by atoms with Gasteiger partial charge < -0.3 is 4.90 Å². The van der Waals surface area contributed by atoms with Crippen LogP contribution in [0.3, 0.4) is 0 Å². The summed E-state index contributed by atoms with van der Waals surface area (Å²) in [4.78, 5) is 19.6. The monoisotopic (exact) mass is 331 g/mol. The summed E-state index contributed by atoms with van der Waals surface area (Å²) in [5.41, 5.74) is 1.49. The van der Waals surface area contributed by atoms with Crippen molar-refractivity contribution < 1.29 is 4.79 Å². The summed E-state index contributed by atoms with van der Waals surface area (Å²) < 4.78 is 0. The number of H-pyrrole nitrogens is 1. The van der Waals surface area contributed by atoms with Crippen molar-refractivity contribution >= 4 is 5.91 Å². The van der Waals surface area contributed by atoms with Crippen LogP contribution in [0.25, 0.3) is 0 Å². The summed E-state index contributed by atoms with van der Waals surface area (Å²) in [5, 5.41) is 6.93. The van der Waals surface area contributed by atoms with Crippen LogP contribution in [0.15, 0.2) is 6.07 Å². The van der Waals surface area contributed by atoms with E-state index in [9.17, 15) is 4.79 Å². The normalized spacial score (nSPS) is 25.0. The van der Waals surface area contributed by atoms with Crippen molar-refractivity contribution in [1.82, 2.24) is 24.9 Å². The molecule has 0 atom stereocenters. The minimum atomic E-state index is 0.0661. The zero-order valence-corrected chi connectivity index (χ0v) is 14.7. The van der Waals surface area contributed by atoms with Crippen molar-refractivity contribution in [2.24, 2.45) is 0 Å². The minimum absolute atomic E-state index is 0.0661. The number of rotatable bonds is 3. The molecule has 2 saturated heterocycles. The van der Waals surface area contributed by atoms with E-state index < -0.39 is 0 Å². The number of amides is 1. The molecule has 1 saturated carbocycles. The van der Waals surface area contributed by atoms with E-state index in [1.54, 1.807) is 0 Å². The maximum Gasteiger partial charge on any atom is 0.274 e. The molecule has 6 heteroatoms. The van der Waals surface area contributed by atoms with Crippen LogP contribution in [0, 0.1) is 6.92 Å². The molecule has 0 unspecified atom stereocenters. The molecule has 132 valence electrons. The largest absolute Gasteiger partial charge is 0.334 e. The minimum Gasteiger partial charge on any atom is -0.334 e. The van der Waals surface area contributed by atoms with Crippen molar-refractivity contribution in [2.45, 2.75) is 51.1 Å². The van der Waals surface area contributed by atoms with Gasteiger partial charge in [-0.3, -0.25) is 19.7 Å². The van der Waals surface area contributed by atoms with E-state index in [1.165, 1.54) is 45.2 Å². The first-order chi connectivity index (χ1) is 11.7. The van der Waals surface area contributed by atoms with Crippen molar-refractivity contribution in [3.8, 4) is 0 Å². The second-order valence-corrected chi connectivity index (χ2v) is 7.66. The third kappa shape index (κ3) is 3.22. The number of hydrogen-bond donors (Lipinski definition) is 1. The molecule has 3 aliphatic rings. The first-order valence-electron chi connectivity index (χ1n) is 9.50. The Morgan fingerprint density at radius 2 is 1.67 bits per heavy atom. The summed E-state index contributed by atoms with van der Waals surface area (Å²) in [7, 11) is 0. The number of nitrogens with zero attached hydrogens (tertiary/aromatic N) is 4. The predicted octanol–water partition coefficient (Wildman–Crippen LogP) is 1.49. The van der Waals surface area contributed by atoms with Gasteiger partial charge in [0.2, 0.25) is 0 Å². The quantitative estimate of drug-likeness (QED) is 0.912.